The lowest BCUT2D eigenvalue weighted by atomic mass is 9.73. The van der Waals surface area contributed by atoms with Gasteiger partial charge >= 0.3 is 0 Å². The zero-order valence-corrected chi connectivity index (χ0v) is 23.8. The van der Waals surface area contributed by atoms with E-state index in [9.17, 15) is 5.11 Å². The van der Waals surface area contributed by atoms with E-state index in [2.05, 4.69) is 86.0 Å². The van der Waals surface area contributed by atoms with Crippen LogP contribution in [0, 0.1) is 18.8 Å². The zero-order chi connectivity index (χ0) is 28.8. The second-order valence-electron chi connectivity index (χ2n) is 11.2. The number of hydrogen-bond donors (Lipinski definition) is 1. The van der Waals surface area contributed by atoms with E-state index in [1.807, 2.05) is 60.8 Å². The van der Waals surface area contributed by atoms with Gasteiger partial charge in [-0.05, 0) is 84.3 Å². The molecule has 3 heterocycles. The smallest absolute Gasteiger partial charge is 0.141 e. The maximum Gasteiger partial charge on any atom is 0.141 e. The molecule has 4 aromatic carbocycles. The number of hydrogen-bond acceptors (Lipinski definition) is 4. The lowest BCUT2D eigenvalue weighted by Gasteiger charge is -2.41. The number of aryl methyl sites for hydroxylation is 1. The van der Waals surface area contributed by atoms with Crippen molar-refractivity contribution in [3.63, 3.8) is 0 Å². The summed E-state index contributed by atoms with van der Waals surface area (Å²) in [5.74, 6) is 7.50. The maximum atomic E-state index is 10.8. The van der Waals surface area contributed by atoms with Crippen molar-refractivity contribution in [2.75, 3.05) is 4.90 Å². The van der Waals surface area contributed by atoms with Crippen LogP contribution in [-0.4, -0.2) is 15.1 Å². The monoisotopic (exact) mass is 543 g/mol. The summed E-state index contributed by atoms with van der Waals surface area (Å²) in [5, 5.41) is 11.6. The molecule has 1 aliphatic rings. The van der Waals surface area contributed by atoms with Crippen LogP contribution in [0.2, 0.25) is 0 Å². The molecule has 0 saturated heterocycles. The highest BCUT2D eigenvalue weighted by Gasteiger charge is 2.37. The molecule has 2 aromatic heterocycles. The second-order valence-corrected chi connectivity index (χ2v) is 11.2. The molecule has 4 heteroatoms. The van der Waals surface area contributed by atoms with E-state index in [1.165, 1.54) is 11.1 Å². The van der Waals surface area contributed by atoms with E-state index < -0.39 is 0 Å². The van der Waals surface area contributed by atoms with Gasteiger partial charge in [0.05, 0.1) is 17.1 Å². The number of aromatic nitrogens is 2. The number of anilines is 3. The first-order valence-corrected chi connectivity index (χ1v) is 14.1. The number of fused-ring (bicyclic) bond motifs is 3. The first-order chi connectivity index (χ1) is 20.4. The first-order valence-electron chi connectivity index (χ1n) is 14.1. The minimum absolute atomic E-state index is 0.135. The largest absolute Gasteiger partial charge is 0.506 e. The number of pyridine rings is 2. The van der Waals surface area contributed by atoms with Crippen molar-refractivity contribution in [3.8, 4) is 28.8 Å². The van der Waals surface area contributed by atoms with Crippen molar-refractivity contribution in [3.05, 3.63) is 143 Å². The molecule has 0 saturated carbocycles. The van der Waals surface area contributed by atoms with Crippen molar-refractivity contribution in [2.45, 2.75) is 26.2 Å². The van der Waals surface area contributed by atoms with E-state index in [1.54, 1.807) is 6.07 Å². The highest BCUT2D eigenvalue weighted by Crippen LogP contribution is 2.52. The van der Waals surface area contributed by atoms with Gasteiger partial charge in [-0.3, -0.25) is 4.90 Å². The van der Waals surface area contributed by atoms with Crippen molar-refractivity contribution < 1.29 is 5.11 Å². The van der Waals surface area contributed by atoms with Crippen molar-refractivity contribution in [1.82, 2.24) is 9.97 Å². The fourth-order valence-corrected chi connectivity index (χ4v) is 5.90. The van der Waals surface area contributed by atoms with Crippen LogP contribution in [0.25, 0.3) is 22.2 Å². The quantitative estimate of drug-likeness (QED) is 0.222. The standard InChI is InChI=1S/C38H29N3O/c1-25-21-22-39-36(23-25)41-33-12-8-7-11-30(33)38(2,3)31-18-15-28(24-34(31)41)32-19-17-29-27(16-20-35(42)37(29)40-32)14-13-26-9-5-4-6-10-26/h4-12,15-24,42H,1-3H3. The van der Waals surface area contributed by atoms with Crippen LogP contribution in [0.15, 0.2) is 115 Å². The molecule has 1 aliphatic heterocycles. The first kappa shape index (κ1) is 25.6. The average Bonchev–Trinajstić information content (AvgIpc) is 3.01. The number of benzene rings is 4. The number of para-hydroxylation sites is 1. The molecule has 0 amide bonds. The molecule has 7 rings (SSSR count). The Labute approximate surface area is 246 Å². The van der Waals surface area contributed by atoms with Crippen LogP contribution >= 0.6 is 0 Å². The molecule has 1 N–H and O–H groups in total. The van der Waals surface area contributed by atoms with Gasteiger partial charge < -0.3 is 5.11 Å². The minimum atomic E-state index is -0.202. The Balaban J connectivity index is 1.37. The van der Waals surface area contributed by atoms with E-state index in [4.69, 9.17) is 9.97 Å². The van der Waals surface area contributed by atoms with Crippen LogP contribution in [-0.2, 0) is 5.41 Å². The zero-order valence-electron chi connectivity index (χ0n) is 23.8. The van der Waals surface area contributed by atoms with Gasteiger partial charge in [-0.2, -0.15) is 0 Å². The summed E-state index contributed by atoms with van der Waals surface area (Å²) in [7, 11) is 0. The molecular formula is C38H29N3O. The highest BCUT2D eigenvalue weighted by atomic mass is 16.3. The van der Waals surface area contributed by atoms with Crippen molar-refractivity contribution in [2.24, 2.45) is 0 Å². The summed E-state index contributed by atoms with van der Waals surface area (Å²) >= 11 is 0. The Kier molecular flexibility index (Phi) is 6.03. The van der Waals surface area contributed by atoms with Crippen LogP contribution < -0.4 is 4.90 Å². The molecule has 42 heavy (non-hydrogen) atoms. The third kappa shape index (κ3) is 4.27. The molecule has 0 radical (unpaired) electrons. The minimum Gasteiger partial charge on any atom is -0.506 e. The SMILES string of the molecule is Cc1ccnc(N2c3ccccc3C(C)(C)c3ccc(-c4ccc5c(C#Cc6ccccc6)ccc(O)c5n4)cc32)c1. The van der Waals surface area contributed by atoms with Gasteiger partial charge in [0.25, 0.3) is 0 Å². The third-order valence-corrected chi connectivity index (χ3v) is 8.11. The van der Waals surface area contributed by atoms with Gasteiger partial charge in [0, 0.05) is 33.7 Å². The van der Waals surface area contributed by atoms with Crippen LogP contribution in [0.4, 0.5) is 17.2 Å². The molecule has 6 aromatic rings. The summed E-state index contributed by atoms with van der Waals surface area (Å²) in [6, 6.07) is 36.7. The lowest BCUT2D eigenvalue weighted by molar-refractivity contribution is 0.480. The number of phenols is 1. The van der Waals surface area contributed by atoms with Crippen molar-refractivity contribution >= 4 is 28.1 Å². The average molecular weight is 544 g/mol. The topological polar surface area (TPSA) is 49.2 Å². The van der Waals surface area contributed by atoms with Gasteiger partial charge in [0.15, 0.2) is 0 Å². The van der Waals surface area contributed by atoms with Gasteiger partial charge in [-0.25, -0.2) is 9.97 Å². The third-order valence-electron chi connectivity index (χ3n) is 8.11. The Bertz CT molecular complexity index is 2050. The maximum absolute atomic E-state index is 10.8. The second kappa shape index (κ2) is 9.90. The van der Waals surface area contributed by atoms with E-state index in [0.717, 1.165) is 50.5 Å². The Hall–Kier alpha value is -5.40. The van der Waals surface area contributed by atoms with E-state index in [-0.39, 0.29) is 11.2 Å². The summed E-state index contributed by atoms with van der Waals surface area (Å²) in [5.41, 5.74) is 9.66. The molecule has 4 nitrogen and oxygen atoms in total. The summed E-state index contributed by atoms with van der Waals surface area (Å²) in [6.45, 7) is 6.64. The highest BCUT2D eigenvalue weighted by molar-refractivity contribution is 5.92. The molecule has 0 fully saturated rings. The number of phenolic OH excluding ortho intramolecular Hbond substituents is 1. The Morgan fingerprint density at radius 1 is 0.738 bits per heavy atom. The number of nitrogens with zero attached hydrogens (tertiary/aromatic N) is 3. The van der Waals surface area contributed by atoms with Gasteiger partial charge in [-0.15, -0.1) is 0 Å². The molecular weight excluding hydrogens is 514 g/mol. The fraction of sp³-hybridized carbons (Fsp3) is 0.105. The molecule has 202 valence electrons. The molecule has 0 atom stereocenters. The molecule has 0 aliphatic carbocycles. The summed E-state index contributed by atoms with van der Waals surface area (Å²) in [4.78, 5) is 12.0. The molecule has 0 spiro atoms. The fourth-order valence-electron chi connectivity index (χ4n) is 5.90. The van der Waals surface area contributed by atoms with Gasteiger partial charge in [0.1, 0.15) is 17.1 Å². The predicted octanol–water partition coefficient (Wildman–Crippen LogP) is 8.82. The molecule has 0 unspecified atom stereocenters. The van der Waals surface area contributed by atoms with Crippen molar-refractivity contribution in [1.29, 1.82) is 0 Å². The number of aromatic hydroxyl groups is 1. The van der Waals surface area contributed by atoms with Crippen LogP contribution in [0.1, 0.15) is 41.7 Å². The van der Waals surface area contributed by atoms with Gasteiger partial charge in [-0.1, -0.05) is 74.2 Å². The Morgan fingerprint density at radius 3 is 2.36 bits per heavy atom. The molecule has 0 bridgehead atoms. The Morgan fingerprint density at radius 2 is 1.52 bits per heavy atom. The predicted molar refractivity (Wildman–Crippen MR) is 171 cm³/mol. The van der Waals surface area contributed by atoms with E-state index in [0.29, 0.717) is 5.52 Å². The lowest BCUT2D eigenvalue weighted by Crippen LogP contribution is -2.31. The summed E-state index contributed by atoms with van der Waals surface area (Å²) in [6.07, 6.45) is 1.86. The number of rotatable bonds is 2. The normalized spacial score (nSPS) is 13.2. The van der Waals surface area contributed by atoms with Crippen LogP contribution in [0.5, 0.6) is 5.75 Å². The van der Waals surface area contributed by atoms with Crippen LogP contribution in [0.3, 0.4) is 0 Å². The van der Waals surface area contributed by atoms with E-state index >= 15 is 0 Å². The summed E-state index contributed by atoms with van der Waals surface area (Å²) < 4.78 is 0. The van der Waals surface area contributed by atoms with Gasteiger partial charge in [0.2, 0.25) is 0 Å².